The first-order valence-corrected chi connectivity index (χ1v) is 6.93. The molecule has 0 fully saturated rings. The Balaban J connectivity index is 2.12. The molecule has 0 saturated heterocycles. The zero-order valence-corrected chi connectivity index (χ0v) is 13.0. The molecule has 0 aliphatic carbocycles. The molecule has 0 atom stereocenters. The van der Waals surface area contributed by atoms with Crippen LogP contribution in [0.2, 0.25) is 5.02 Å². The van der Waals surface area contributed by atoms with Crippen LogP contribution >= 0.6 is 27.5 Å². The molecule has 0 bridgehead atoms. The number of carbonyl (C=O) groups excluding carboxylic acids is 1. The van der Waals surface area contributed by atoms with Crippen LogP contribution in [0.15, 0.2) is 46.9 Å². The van der Waals surface area contributed by atoms with Crippen molar-refractivity contribution in [2.45, 2.75) is 0 Å². The van der Waals surface area contributed by atoms with Gasteiger partial charge >= 0.3 is 6.03 Å². The van der Waals surface area contributed by atoms with Crippen molar-refractivity contribution in [1.29, 1.82) is 0 Å². The molecule has 104 valence electrons. The number of halogens is 2. The second-order valence-electron chi connectivity index (χ2n) is 3.90. The van der Waals surface area contributed by atoms with E-state index in [0.717, 1.165) is 4.47 Å². The SMILES string of the molecule is COc1ccc(Br)cc1NC(=O)Nc1ccccc1Cl. The normalized spacial score (nSPS) is 9.95. The van der Waals surface area contributed by atoms with Crippen molar-refractivity contribution in [3.8, 4) is 5.75 Å². The molecule has 0 spiro atoms. The van der Waals surface area contributed by atoms with Gasteiger partial charge in [-0.15, -0.1) is 0 Å². The van der Waals surface area contributed by atoms with Gasteiger partial charge in [0.05, 0.1) is 23.5 Å². The predicted octanol–water partition coefficient (Wildman–Crippen LogP) is 4.76. The van der Waals surface area contributed by atoms with Crippen molar-refractivity contribution in [3.05, 3.63) is 52.0 Å². The molecule has 0 aliphatic heterocycles. The Hall–Kier alpha value is -1.72. The summed E-state index contributed by atoms with van der Waals surface area (Å²) >= 11 is 9.33. The van der Waals surface area contributed by atoms with E-state index in [1.165, 1.54) is 0 Å². The van der Waals surface area contributed by atoms with Crippen LogP contribution in [0, 0.1) is 0 Å². The molecule has 20 heavy (non-hydrogen) atoms. The Bertz CT molecular complexity index is 634. The van der Waals surface area contributed by atoms with Crippen molar-refractivity contribution >= 4 is 44.9 Å². The molecule has 4 nitrogen and oxygen atoms in total. The lowest BCUT2D eigenvalue weighted by atomic mass is 10.3. The summed E-state index contributed by atoms with van der Waals surface area (Å²) in [5, 5.41) is 5.87. The van der Waals surface area contributed by atoms with Crippen molar-refractivity contribution in [2.24, 2.45) is 0 Å². The standard InChI is InChI=1S/C14H12BrClN2O2/c1-20-13-7-6-9(15)8-12(13)18-14(19)17-11-5-3-2-4-10(11)16/h2-8H,1H3,(H2,17,18,19). The summed E-state index contributed by atoms with van der Waals surface area (Å²) in [5.74, 6) is 0.572. The molecular formula is C14H12BrClN2O2. The number of urea groups is 1. The highest BCUT2D eigenvalue weighted by atomic mass is 79.9. The molecule has 0 heterocycles. The summed E-state index contributed by atoms with van der Waals surface area (Å²) in [5.41, 5.74) is 1.10. The van der Waals surface area contributed by atoms with Gasteiger partial charge in [-0.25, -0.2) is 4.79 Å². The highest BCUT2D eigenvalue weighted by Crippen LogP contribution is 2.28. The van der Waals surface area contributed by atoms with E-state index >= 15 is 0 Å². The number of hydrogen-bond donors (Lipinski definition) is 2. The number of nitrogens with one attached hydrogen (secondary N) is 2. The van der Waals surface area contributed by atoms with Gasteiger partial charge in [-0.2, -0.15) is 0 Å². The number of methoxy groups -OCH3 is 1. The minimum atomic E-state index is -0.394. The maximum atomic E-state index is 12.0. The van der Waals surface area contributed by atoms with Gasteiger partial charge in [0.1, 0.15) is 5.75 Å². The third-order valence-electron chi connectivity index (χ3n) is 2.53. The number of rotatable bonds is 3. The van der Waals surface area contributed by atoms with E-state index in [4.69, 9.17) is 16.3 Å². The number of para-hydroxylation sites is 1. The van der Waals surface area contributed by atoms with Crippen molar-refractivity contribution in [3.63, 3.8) is 0 Å². The first-order chi connectivity index (χ1) is 9.60. The van der Waals surface area contributed by atoms with Crippen LogP contribution in [-0.2, 0) is 0 Å². The number of amides is 2. The molecular weight excluding hydrogens is 344 g/mol. The molecule has 0 radical (unpaired) electrons. The fourth-order valence-corrected chi connectivity index (χ4v) is 2.16. The minimum Gasteiger partial charge on any atom is -0.495 e. The summed E-state index contributed by atoms with van der Waals surface area (Å²) in [6.45, 7) is 0. The zero-order chi connectivity index (χ0) is 14.5. The van der Waals surface area contributed by atoms with E-state index < -0.39 is 6.03 Å². The van der Waals surface area contributed by atoms with Crippen LogP contribution in [0.25, 0.3) is 0 Å². The average molecular weight is 356 g/mol. The third kappa shape index (κ3) is 3.65. The Morgan fingerprint density at radius 1 is 1.15 bits per heavy atom. The lowest BCUT2D eigenvalue weighted by Gasteiger charge is -2.12. The van der Waals surface area contributed by atoms with E-state index in [9.17, 15) is 4.79 Å². The first-order valence-electron chi connectivity index (χ1n) is 5.76. The van der Waals surface area contributed by atoms with Crippen molar-refractivity contribution in [1.82, 2.24) is 0 Å². The van der Waals surface area contributed by atoms with Gasteiger partial charge in [-0.3, -0.25) is 0 Å². The number of ether oxygens (including phenoxy) is 1. The largest absolute Gasteiger partial charge is 0.495 e. The maximum absolute atomic E-state index is 12.0. The van der Waals surface area contributed by atoms with Crippen LogP contribution in [-0.4, -0.2) is 13.1 Å². The number of hydrogen-bond acceptors (Lipinski definition) is 2. The van der Waals surface area contributed by atoms with Gasteiger partial charge in [-0.05, 0) is 30.3 Å². The van der Waals surface area contributed by atoms with E-state index in [-0.39, 0.29) is 0 Å². The second kappa shape index (κ2) is 6.63. The van der Waals surface area contributed by atoms with Crippen LogP contribution in [0.5, 0.6) is 5.75 Å². The average Bonchev–Trinajstić information content (AvgIpc) is 2.41. The fourth-order valence-electron chi connectivity index (χ4n) is 1.62. The highest BCUT2D eigenvalue weighted by molar-refractivity contribution is 9.10. The Kier molecular flexibility index (Phi) is 4.87. The Morgan fingerprint density at radius 3 is 2.55 bits per heavy atom. The lowest BCUT2D eigenvalue weighted by molar-refractivity contribution is 0.262. The van der Waals surface area contributed by atoms with Gasteiger partial charge < -0.3 is 15.4 Å². The van der Waals surface area contributed by atoms with Crippen LogP contribution in [0.4, 0.5) is 16.2 Å². The zero-order valence-electron chi connectivity index (χ0n) is 10.6. The summed E-state index contributed by atoms with van der Waals surface area (Å²) < 4.78 is 6.02. The van der Waals surface area contributed by atoms with E-state index in [2.05, 4.69) is 26.6 Å². The molecule has 0 aromatic heterocycles. The predicted molar refractivity (Wildman–Crippen MR) is 84.8 cm³/mol. The first kappa shape index (κ1) is 14.7. The Labute approximate surface area is 130 Å². The van der Waals surface area contributed by atoms with Crippen LogP contribution in [0.3, 0.4) is 0 Å². The summed E-state index contributed by atoms with van der Waals surface area (Å²) in [7, 11) is 1.54. The monoisotopic (exact) mass is 354 g/mol. The molecule has 0 saturated carbocycles. The second-order valence-corrected chi connectivity index (χ2v) is 5.23. The van der Waals surface area contributed by atoms with E-state index in [0.29, 0.717) is 22.1 Å². The van der Waals surface area contributed by atoms with Gasteiger partial charge in [-0.1, -0.05) is 39.7 Å². The summed E-state index contributed by atoms with van der Waals surface area (Å²) in [6.07, 6.45) is 0. The maximum Gasteiger partial charge on any atom is 0.323 e. The summed E-state index contributed by atoms with van der Waals surface area (Å²) in [6, 6.07) is 12.0. The Morgan fingerprint density at radius 2 is 1.85 bits per heavy atom. The number of benzene rings is 2. The molecule has 0 unspecified atom stereocenters. The summed E-state index contributed by atoms with van der Waals surface area (Å²) in [4.78, 5) is 12.0. The minimum absolute atomic E-state index is 0.394. The van der Waals surface area contributed by atoms with Gasteiger partial charge in [0.25, 0.3) is 0 Å². The van der Waals surface area contributed by atoms with Crippen molar-refractivity contribution in [2.75, 3.05) is 17.7 Å². The molecule has 2 aromatic carbocycles. The van der Waals surface area contributed by atoms with E-state index in [1.807, 2.05) is 6.07 Å². The van der Waals surface area contributed by atoms with Crippen LogP contribution in [0.1, 0.15) is 0 Å². The van der Waals surface area contributed by atoms with Gasteiger partial charge in [0, 0.05) is 4.47 Å². The fraction of sp³-hybridized carbons (Fsp3) is 0.0714. The number of carbonyl (C=O) groups is 1. The molecule has 6 heteroatoms. The quantitative estimate of drug-likeness (QED) is 0.834. The molecule has 2 amide bonds. The lowest BCUT2D eigenvalue weighted by Crippen LogP contribution is -2.20. The third-order valence-corrected chi connectivity index (χ3v) is 3.35. The molecule has 2 rings (SSSR count). The highest BCUT2D eigenvalue weighted by Gasteiger charge is 2.09. The molecule has 0 aliphatic rings. The topological polar surface area (TPSA) is 50.4 Å². The van der Waals surface area contributed by atoms with Gasteiger partial charge in [0.2, 0.25) is 0 Å². The molecule has 2 aromatic rings. The smallest absolute Gasteiger partial charge is 0.323 e. The van der Waals surface area contributed by atoms with E-state index in [1.54, 1.807) is 43.5 Å². The number of anilines is 2. The van der Waals surface area contributed by atoms with Crippen LogP contribution < -0.4 is 15.4 Å². The van der Waals surface area contributed by atoms with Crippen molar-refractivity contribution < 1.29 is 9.53 Å². The van der Waals surface area contributed by atoms with Gasteiger partial charge in [0.15, 0.2) is 0 Å². The molecule has 2 N–H and O–H groups in total.